The highest BCUT2D eigenvalue weighted by Gasteiger charge is 2.17. The van der Waals surface area contributed by atoms with Crippen molar-refractivity contribution in [3.63, 3.8) is 0 Å². The van der Waals surface area contributed by atoms with Crippen LogP contribution in [0.1, 0.15) is 39.3 Å². The molecule has 1 aromatic rings. The molecule has 0 bridgehead atoms. The van der Waals surface area contributed by atoms with E-state index in [9.17, 15) is 0 Å². The minimum atomic E-state index is 0.409. The summed E-state index contributed by atoms with van der Waals surface area (Å²) in [7, 11) is 2.01. The Morgan fingerprint density at radius 1 is 1.38 bits per heavy atom. The maximum atomic E-state index is 4.20. The molecule has 0 aromatic carbocycles. The van der Waals surface area contributed by atoms with Gasteiger partial charge in [0.2, 0.25) is 0 Å². The van der Waals surface area contributed by atoms with E-state index in [1.165, 1.54) is 18.5 Å². The van der Waals surface area contributed by atoms with Crippen molar-refractivity contribution in [2.24, 2.45) is 12.5 Å². The molecule has 1 aromatic heterocycles. The van der Waals surface area contributed by atoms with Gasteiger partial charge in [-0.05, 0) is 43.8 Å². The number of nitrogens with zero attached hydrogens (tertiary/aromatic N) is 2. The Bertz CT molecular complexity index is 302. The lowest BCUT2D eigenvalue weighted by molar-refractivity contribution is 0.301. The summed E-state index contributed by atoms with van der Waals surface area (Å²) in [5.74, 6) is 0. The van der Waals surface area contributed by atoms with Gasteiger partial charge in [-0.3, -0.25) is 4.68 Å². The van der Waals surface area contributed by atoms with Crippen molar-refractivity contribution >= 4 is 0 Å². The van der Waals surface area contributed by atoms with E-state index >= 15 is 0 Å². The highest BCUT2D eigenvalue weighted by Crippen LogP contribution is 2.26. The molecule has 0 aliphatic rings. The molecule has 0 radical (unpaired) electrons. The van der Waals surface area contributed by atoms with Crippen molar-refractivity contribution in [3.8, 4) is 0 Å². The van der Waals surface area contributed by atoms with Crippen LogP contribution in [0.4, 0.5) is 0 Å². The number of hydrogen-bond acceptors (Lipinski definition) is 2. The highest BCUT2D eigenvalue weighted by molar-refractivity contribution is 5.00. The van der Waals surface area contributed by atoms with Gasteiger partial charge in [-0.25, -0.2) is 0 Å². The summed E-state index contributed by atoms with van der Waals surface area (Å²) < 4.78 is 1.97. The van der Waals surface area contributed by atoms with Gasteiger partial charge in [0.15, 0.2) is 0 Å². The van der Waals surface area contributed by atoms with Crippen LogP contribution < -0.4 is 5.32 Å². The second-order valence-electron chi connectivity index (χ2n) is 5.21. The number of nitrogens with one attached hydrogen (secondary N) is 1. The molecule has 92 valence electrons. The van der Waals surface area contributed by atoms with E-state index in [1.54, 1.807) is 0 Å². The third-order valence-corrected chi connectivity index (χ3v) is 3.21. The van der Waals surface area contributed by atoms with Gasteiger partial charge in [0.05, 0.1) is 0 Å². The normalized spacial score (nSPS) is 12.0. The van der Waals surface area contributed by atoms with E-state index < -0.39 is 0 Å². The molecule has 1 rings (SSSR count). The number of aromatic nitrogens is 2. The average molecular weight is 223 g/mol. The Hall–Kier alpha value is -0.830. The predicted molar refractivity (Wildman–Crippen MR) is 68.5 cm³/mol. The molecule has 0 atom stereocenters. The first-order valence-electron chi connectivity index (χ1n) is 6.23. The molecule has 0 aliphatic heterocycles. The first-order chi connectivity index (χ1) is 7.55. The summed E-state index contributed by atoms with van der Waals surface area (Å²) >= 11 is 0. The molecular weight excluding hydrogens is 198 g/mol. The van der Waals surface area contributed by atoms with Crippen molar-refractivity contribution in [2.75, 3.05) is 13.1 Å². The van der Waals surface area contributed by atoms with E-state index in [-0.39, 0.29) is 0 Å². The smallest absolute Gasteiger partial charge is 0.0492 e. The molecule has 1 N–H and O–H groups in total. The van der Waals surface area contributed by atoms with Crippen LogP contribution in [0.5, 0.6) is 0 Å². The van der Waals surface area contributed by atoms with Gasteiger partial charge in [-0.2, -0.15) is 5.10 Å². The van der Waals surface area contributed by atoms with Crippen LogP contribution in [-0.2, 0) is 13.5 Å². The van der Waals surface area contributed by atoms with Gasteiger partial charge in [-0.15, -0.1) is 0 Å². The molecule has 1 heterocycles. The van der Waals surface area contributed by atoms with E-state index in [0.29, 0.717) is 5.41 Å². The second-order valence-corrected chi connectivity index (χ2v) is 5.21. The van der Waals surface area contributed by atoms with Gasteiger partial charge in [0.1, 0.15) is 0 Å². The zero-order valence-electron chi connectivity index (χ0n) is 11.1. The minimum absolute atomic E-state index is 0.409. The van der Waals surface area contributed by atoms with Crippen molar-refractivity contribution < 1.29 is 0 Å². The predicted octanol–water partition coefficient (Wildman–Crippen LogP) is 2.38. The van der Waals surface area contributed by atoms with Gasteiger partial charge in [0, 0.05) is 18.9 Å². The second kappa shape index (κ2) is 6.04. The number of hydrogen-bond donors (Lipinski definition) is 1. The monoisotopic (exact) mass is 223 g/mol. The number of rotatable bonds is 7. The van der Waals surface area contributed by atoms with Crippen LogP contribution >= 0.6 is 0 Å². The lowest BCUT2D eigenvalue weighted by Crippen LogP contribution is -2.22. The standard InChI is InChI=1S/C13H25N3/c1-5-14-11-9-13(2,3)8-6-12-7-10-15-16(12)4/h7,10,14H,5-6,8-9,11H2,1-4H3. The van der Waals surface area contributed by atoms with Crippen LogP contribution in [0.25, 0.3) is 0 Å². The Labute approximate surface area is 99.2 Å². The Balaban J connectivity index is 2.33. The topological polar surface area (TPSA) is 29.9 Å². The summed E-state index contributed by atoms with van der Waals surface area (Å²) in [4.78, 5) is 0. The molecule has 16 heavy (non-hydrogen) atoms. The third-order valence-electron chi connectivity index (χ3n) is 3.21. The highest BCUT2D eigenvalue weighted by atomic mass is 15.2. The van der Waals surface area contributed by atoms with Crippen molar-refractivity contribution in [1.82, 2.24) is 15.1 Å². The van der Waals surface area contributed by atoms with E-state index in [4.69, 9.17) is 0 Å². The molecule has 0 amide bonds. The minimum Gasteiger partial charge on any atom is -0.317 e. The van der Waals surface area contributed by atoms with Gasteiger partial charge >= 0.3 is 0 Å². The molecule has 0 saturated carbocycles. The van der Waals surface area contributed by atoms with E-state index in [0.717, 1.165) is 19.5 Å². The molecule has 0 unspecified atom stereocenters. The molecule has 3 nitrogen and oxygen atoms in total. The van der Waals surface area contributed by atoms with Crippen LogP contribution in [0, 0.1) is 5.41 Å². The summed E-state index contributed by atoms with van der Waals surface area (Å²) in [6, 6.07) is 2.11. The van der Waals surface area contributed by atoms with Crippen molar-refractivity contribution in [3.05, 3.63) is 18.0 Å². The SMILES string of the molecule is CCNCCC(C)(C)CCc1ccnn1C. The fourth-order valence-electron chi connectivity index (χ4n) is 1.84. The molecule has 3 heteroatoms. The summed E-state index contributed by atoms with van der Waals surface area (Å²) in [5.41, 5.74) is 1.74. The third kappa shape index (κ3) is 4.35. The number of aryl methyl sites for hydroxylation is 2. The van der Waals surface area contributed by atoms with Crippen molar-refractivity contribution in [2.45, 2.75) is 40.0 Å². The summed E-state index contributed by atoms with van der Waals surface area (Å²) in [5, 5.41) is 7.59. The maximum Gasteiger partial charge on any atom is 0.0492 e. The fourth-order valence-corrected chi connectivity index (χ4v) is 1.84. The average Bonchev–Trinajstić information content (AvgIpc) is 2.62. The molecule has 0 spiro atoms. The quantitative estimate of drug-likeness (QED) is 0.719. The zero-order chi connectivity index (χ0) is 12.0. The largest absolute Gasteiger partial charge is 0.317 e. The molecule has 0 fully saturated rings. The zero-order valence-corrected chi connectivity index (χ0v) is 11.1. The first kappa shape index (κ1) is 13.2. The van der Waals surface area contributed by atoms with Crippen LogP contribution in [-0.4, -0.2) is 22.9 Å². The van der Waals surface area contributed by atoms with Gasteiger partial charge < -0.3 is 5.32 Å². The van der Waals surface area contributed by atoms with Crippen LogP contribution in [0.3, 0.4) is 0 Å². The van der Waals surface area contributed by atoms with Gasteiger partial charge in [0.25, 0.3) is 0 Å². The summed E-state index contributed by atoms with van der Waals surface area (Å²) in [6.45, 7) is 9.04. The Morgan fingerprint density at radius 3 is 2.69 bits per heavy atom. The van der Waals surface area contributed by atoms with Crippen LogP contribution in [0.15, 0.2) is 12.3 Å². The summed E-state index contributed by atoms with van der Waals surface area (Å²) in [6.07, 6.45) is 5.45. The molecule has 0 saturated heterocycles. The molecular formula is C13H25N3. The Kier molecular flexibility index (Phi) is 5.00. The lowest BCUT2D eigenvalue weighted by atomic mass is 9.84. The van der Waals surface area contributed by atoms with E-state index in [2.05, 4.69) is 37.3 Å². The van der Waals surface area contributed by atoms with Gasteiger partial charge in [-0.1, -0.05) is 20.8 Å². The van der Waals surface area contributed by atoms with Crippen molar-refractivity contribution in [1.29, 1.82) is 0 Å². The first-order valence-corrected chi connectivity index (χ1v) is 6.23. The Morgan fingerprint density at radius 2 is 2.12 bits per heavy atom. The fraction of sp³-hybridized carbons (Fsp3) is 0.769. The lowest BCUT2D eigenvalue weighted by Gasteiger charge is -2.24. The molecule has 0 aliphatic carbocycles. The van der Waals surface area contributed by atoms with Crippen LogP contribution in [0.2, 0.25) is 0 Å². The maximum absolute atomic E-state index is 4.20. The van der Waals surface area contributed by atoms with E-state index in [1.807, 2.05) is 17.9 Å².